The summed E-state index contributed by atoms with van der Waals surface area (Å²) in [6, 6.07) is 3.60. The number of amides is 3. The lowest BCUT2D eigenvalue weighted by Gasteiger charge is -2.24. The van der Waals surface area contributed by atoms with Gasteiger partial charge in [0.25, 0.3) is 5.91 Å². The maximum absolute atomic E-state index is 12.7. The smallest absolute Gasteiger partial charge is 0.264 e. The van der Waals surface area contributed by atoms with Gasteiger partial charge in [-0.25, -0.2) is 0 Å². The van der Waals surface area contributed by atoms with E-state index < -0.39 is 0 Å². The van der Waals surface area contributed by atoms with Crippen LogP contribution in [0.15, 0.2) is 17.5 Å². The minimum absolute atomic E-state index is 0.0674. The second-order valence-electron chi connectivity index (χ2n) is 6.70. The Morgan fingerprint density at radius 1 is 1.23 bits per heavy atom. The summed E-state index contributed by atoms with van der Waals surface area (Å²) in [5.74, 6) is 0.0109. The molecule has 7 nitrogen and oxygen atoms in total. The minimum atomic E-state index is -0.209. The third-order valence-electron chi connectivity index (χ3n) is 4.91. The first kappa shape index (κ1) is 18.8. The van der Waals surface area contributed by atoms with Crippen LogP contribution in [-0.4, -0.2) is 84.9 Å². The van der Waals surface area contributed by atoms with E-state index in [1.165, 1.54) is 11.3 Å². The van der Waals surface area contributed by atoms with E-state index in [0.717, 1.165) is 19.4 Å². The summed E-state index contributed by atoms with van der Waals surface area (Å²) >= 11 is 1.38. The molecule has 0 N–H and O–H groups in total. The number of hydrogen-bond donors (Lipinski definition) is 0. The van der Waals surface area contributed by atoms with Gasteiger partial charge in [0.2, 0.25) is 11.8 Å². The van der Waals surface area contributed by atoms with Gasteiger partial charge in [-0.15, -0.1) is 11.3 Å². The molecule has 0 spiro atoms. The van der Waals surface area contributed by atoms with Gasteiger partial charge in [0, 0.05) is 46.3 Å². The second kappa shape index (κ2) is 8.64. The predicted octanol–water partition coefficient (Wildman–Crippen LogP) is 1.06. The Morgan fingerprint density at radius 2 is 2.04 bits per heavy atom. The zero-order valence-electron chi connectivity index (χ0n) is 15.1. The minimum Gasteiger partial charge on any atom is -0.378 e. The lowest BCUT2D eigenvalue weighted by atomic mass is 10.3. The molecular weight excluding hydrogens is 354 g/mol. The fourth-order valence-corrected chi connectivity index (χ4v) is 4.14. The van der Waals surface area contributed by atoms with Crippen LogP contribution in [-0.2, 0) is 14.3 Å². The lowest BCUT2D eigenvalue weighted by Crippen LogP contribution is -2.40. The molecule has 8 heteroatoms. The van der Waals surface area contributed by atoms with Crippen LogP contribution >= 0.6 is 11.3 Å². The first-order chi connectivity index (χ1) is 12.6. The van der Waals surface area contributed by atoms with Crippen LogP contribution in [0.3, 0.4) is 0 Å². The highest BCUT2D eigenvalue weighted by Crippen LogP contribution is 2.16. The summed E-state index contributed by atoms with van der Waals surface area (Å²) in [4.78, 5) is 42.8. The Kier molecular flexibility index (Phi) is 6.26. The number of rotatable bonds is 6. The molecule has 1 atom stereocenters. The van der Waals surface area contributed by atoms with Gasteiger partial charge >= 0.3 is 0 Å². The van der Waals surface area contributed by atoms with Crippen LogP contribution in [0.5, 0.6) is 0 Å². The summed E-state index contributed by atoms with van der Waals surface area (Å²) in [6.45, 7) is 3.01. The van der Waals surface area contributed by atoms with Crippen molar-refractivity contribution in [2.24, 2.45) is 0 Å². The van der Waals surface area contributed by atoms with E-state index in [0.29, 0.717) is 37.5 Å². The second-order valence-corrected chi connectivity index (χ2v) is 7.65. The van der Waals surface area contributed by atoms with Gasteiger partial charge in [-0.1, -0.05) is 6.07 Å². The molecule has 2 saturated heterocycles. The Hall–Kier alpha value is -1.93. The third kappa shape index (κ3) is 4.42. The average molecular weight is 379 g/mol. The van der Waals surface area contributed by atoms with Gasteiger partial charge in [0.1, 0.15) is 6.54 Å². The molecule has 2 aliphatic heterocycles. The van der Waals surface area contributed by atoms with E-state index in [4.69, 9.17) is 4.74 Å². The number of likely N-dealkylation sites (tertiary alicyclic amines) is 1. The number of nitrogens with zero attached hydrogens (tertiary/aromatic N) is 3. The van der Waals surface area contributed by atoms with Crippen molar-refractivity contribution < 1.29 is 19.1 Å². The van der Waals surface area contributed by atoms with E-state index >= 15 is 0 Å². The molecule has 142 valence electrons. The maximum Gasteiger partial charge on any atom is 0.264 e. The highest BCUT2D eigenvalue weighted by atomic mass is 32.1. The van der Waals surface area contributed by atoms with Gasteiger partial charge in [-0.2, -0.15) is 0 Å². The lowest BCUT2D eigenvalue weighted by molar-refractivity contribution is -0.131. The molecule has 26 heavy (non-hydrogen) atoms. The van der Waals surface area contributed by atoms with E-state index in [1.807, 2.05) is 16.3 Å². The Morgan fingerprint density at radius 3 is 2.69 bits per heavy atom. The summed E-state index contributed by atoms with van der Waals surface area (Å²) < 4.78 is 5.50. The molecule has 0 aliphatic carbocycles. The maximum atomic E-state index is 12.7. The van der Waals surface area contributed by atoms with Gasteiger partial charge in [0.05, 0.1) is 11.0 Å². The molecule has 3 heterocycles. The van der Waals surface area contributed by atoms with Crippen molar-refractivity contribution in [3.05, 3.63) is 22.4 Å². The van der Waals surface area contributed by atoms with E-state index in [1.54, 1.807) is 23.0 Å². The van der Waals surface area contributed by atoms with Gasteiger partial charge in [-0.3, -0.25) is 14.4 Å². The van der Waals surface area contributed by atoms with Crippen molar-refractivity contribution in [3.63, 3.8) is 0 Å². The van der Waals surface area contributed by atoms with Crippen molar-refractivity contribution >= 4 is 29.1 Å². The molecule has 1 unspecified atom stereocenters. The zero-order chi connectivity index (χ0) is 18.5. The molecule has 2 fully saturated rings. The Bertz CT molecular complexity index is 649. The normalized spacial score (nSPS) is 21.4. The standard InChI is InChI=1S/C18H25N3O4S/c1-25-14-11-20(9-4-8-19-7-2-6-16(19)22)17(23)13-21(12-14)18(24)15-5-3-10-26-15/h3,5,10,14H,2,4,6-9,11-13H2,1H3. The van der Waals surface area contributed by atoms with Crippen molar-refractivity contribution in [2.45, 2.75) is 25.4 Å². The highest BCUT2D eigenvalue weighted by molar-refractivity contribution is 7.12. The fourth-order valence-electron chi connectivity index (χ4n) is 3.45. The zero-order valence-corrected chi connectivity index (χ0v) is 15.9. The largest absolute Gasteiger partial charge is 0.378 e. The number of thiophene rings is 1. The summed E-state index contributed by atoms with van der Waals surface area (Å²) in [7, 11) is 1.61. The van der Waals surface area contributed by atoms with Crippen LogP contribution in [0.4, 0.5) is 0 Å². The number of methoxy groups -OCH3 is 1. The number of carbonyl (C=O) groups excluding carboxylic acids is 3. The molecule has 3 rings (SSSR count). The molecule has 1 aromatic heterocycles. The summed E-state index contributed by atoms with van der Waals surface area (Å²) in [5, 5.41) is 1.85. The van der Waals surface area contributed by atoms with Gasteiger partial charge in [0.15, 0.2) is 0 Å². The van der Waals surface area contributed by atoms with E-state index in [-0.39, 0.29) is 30.4 Å². The molecule has 0 radical (unpaired) electrons. The third-order valence-corrected chi connectivity index (χ3v) is 5.76. The molecule has 2 aliphatic rings. The van der Waals surface area contributed by atoms with Crippen molar-refractivity contribution in [1.29, 1.82) is 0 Å². The van der Waals surface area contributed by atoms with Crippen LogP contribution < -0.4 is 0 Å². The fraction of sp³-hybridized carbons (Fsp3) is 0.611. The Balaban J connectivity index is 1.58. The summed E-state index contributed by atoms with van der Waals surface area (Å²) in [5.41, 5.74) is 0. The molecule has 0 aromatic carbocycles. The average Bonchev–Trinajstić information content (AvgIpc) is 3.27. The molecule has 0 bridgehead atoms. The van der Waals surface area contributed by atoms with Crippen LogP contribution in [0, 0.1) is 0 Å². The SMILES string of the molecule is COC1CN(CCCN2CCCC2=O)C(=O)CN(C(=O)c2cccs2)C1. The molecule has 3 amide bonds. The molecule has 0 saturated carbocycles. The number of hydrogen-bond acceptors (Lipinski definition) is 5. The van der Waals surface area contributed by atoms with E-state index in [9.17, 15) is 14.4 Å². The van der Waals surface area contributed by atoms with Crippen LogP contribution in [0.25, 0.3) is 0 Å². The first-order valence-electron chi connectivity index (χ1n) is 8.99. The van der Waals surface area contributed by atoms with Crippen molar-refractivity contribution in [3.8, 4) is 0 Å². The number of carbonyl (C=O) groups is 3. The highest BCUT2D eigenvalue weighted by Gasteiger charge is 2.31. The van der Waals surface area contributed by atoms with E-state index in [2.05, 4.69) is 0 Å². The van der Waals surface area contributed by atoms with Gasteiger partial charge < -0.3 is 19.4 Å². The van der Waals surface area contributed by atoms with Crippen LogP contribution in [0.2, 0.25) is 0 Å². The first-order valence-corrected chi connectivity index (χ1v) is 9.87. The summed E-state index contributed by atoms with van der Waals surface area (Å²) in [6.07, 6.45) is 2.09. The predicted molar refractivity (Wildman–Crippen MR) is 98.0 cm³/mol. The molecule has 1 aromatic rings. The topological polar surface area (TPSA) is 70.2 Å². The quantitative estimate of drug-likeness (QED) is 0.741. The monoisotopic (exact) mass is 379 g/mol. The number of ether oxygens (including phenoxy) is 1. The Labute approximate surface area is 157 Å². The van der Waals surface area contributed by atoms with Crippen molar-refractivity contribution in [2.75, 3.05) is 46.4 Å². The molecular formula is C18H25N3O4S. The van der Waals surface area contributed by atoms with Crippen LogP contribution in [0.1, 0.15) is 28.9 Å². The van der Waals surface area contributed by atoms with Crippen molar-refractivity contribution in [1.82, 2.24) is 14.7 Å². The van der Waals surface area contributed by atoms with Gasteiger partial charge in [-0.05, 0) is 24.3 Å².